The summed E-state index contributed by atoms with van der Waals surface area (Å²) >= 11 is 0. The van der Waals surface area contributed by atoms with Crippen LogP contribution < -0.4 is 4.57 Å². The van der Waals surface area contributed by atoms with Gasteiger partial charge in [0.2, 0.25) is 5.69 Å². The molecule has 5 aromatic carbocycles. The molecule has 7 aromatic rings. The highest BCUT2D eigenvalue weighted by molar-refractivity contribution is 6.14. The van der Waals surface area contributed by atoms with E-state index in [1.165, 1.54) is 16.7 Å². The van der Waals surface area contributed by atoms with Gasteiger partial charge in [-0.3, -0.25) is 0 Å². The molecule has 0 saturated carbocycles. The molecule has 0 aliphatic rings. The SMILES string of the molecule is Cc1cc[n+](C)c(-c2c(C)ccc3c2oc2c(-c4ccc(-c5ccc(-c6ccccc6)cc5)cc4)c(C#N)ccc23)c1. The van der Waals surface area contributed by atoms with E-state index >= 15 is 0 Å². The van der Waals surface area contributed by atoms with Crippen LogP contribution in [0, 0.1) is 25.2 Å². The van der Waals surface area contributed by atoms with Crippen molar-refractivity contribution in [1.82, 2.24) is 0 Å². The average molecular weight is 542 g/mol. The molecule has 2 heterocycles. The van der Waals surface area contributed by atoms with E-state index in [0.29, 0.717) is 5.56 Å². The third-order valence-electron chi connectivity index (χ3n) is 8.20. The van der Waals surface area contributed by atoms with Gasteiger partial charge >= 0.3 is 0 Å². The van der Waals surface area contributed by atoms with Gasteiger partial charge in [-0.1, -0.05) is 91.0 Å². The van der Waals surface area contributed by atoms with E-state index in [1.807, 2.05) is 18.2 Å². The van der Waals surface area contributed by atoms with Gasteiger partial charge in [0.1, 0.15) is 18.2 Å². The summed E-state index contributed by atoms with van der Waals surface area (Å²) in [4.78, 5) is 0. The van der Waals surface area contributed by atoms with E-state index in [2.05, 4.69) is 135 Å². The molecule has 0 amide bonds. The van der Waals surface area contributed by atoms with E-state index in [4.69, 9.17) is 4.42 Å². The quantitative estimate of drug-likeness (QED) is 0.208. The third kappa shape index (κ3) is 4.26. The number of fused-ring (bicyclic) bond motifs is 3. The molecule has 2 aromatic heterocycles. The van der Waals surface area contributed by atoms with Crippen molar-refractivity contribution in [3.05, 3.63) is 138 Å². The van der Waals surface area contributed by atoms with Crippen molar-refractivity contribution in [3.63, 3.8) is 0 Å². The molecule has 3 nitrogen and oxygen atoms in total. The maximum absolute atomic E-state index is 10.1. The fourth-order valence-electron chi connectivity index (χ4n) is 5.94. The minimum atomic E-state index is 0.598. The summed E-state index contributed by atoms with van der Waals surface area (Å²) in [6, 6.07) is 42.4. The molecule has 42 heavy (non-hydrogen) atoms. The Balaban J connectivity index is 1.35. The third-order valence-corrected chi connectivity index (χ3v) is 8.20. The zero-order valence-electron chi connectivity index (χ0n) is 23.8. The highest BCUT2D eigenvalue weighted by atomic mass is 16.3. The van der Waals surface area contributed by atoms with Gasteiger partial charge in [0.15, 0.2) is 6.20 Å². The second kappa shape index (κ2) is 10.2. The molecule has 0 aliphatic carbocycles. The van der Waals surface area contributed by atoms with Crippen LogP contribution in [0.1, 0.15) is 16.7 Å². The Labute approximate surface area is 245 Å². The second-order valence-corrected chi connectivity index (χ2v) is 10.9. The number of furan rings is 1. The molecule has 0 radical (unpaired) electrons. The summed E-state index contributed by atoms with van der Waals surface area (Å²) in [5, 5.41) is 12.2. The summed E-state index contributed by atoms with van der Waals surface area (Å²) in [6.07, 6.45) is 2.08. The number of rotatable bonds is 4. The van der Waals surface area contributed by atoms with Crippen LogP contribution in [-0.4, -0.2) is 0 Å². The zero-order valence-corrected chi connectivity index (χ0v) is 23.8. The molecule has 0 spiro atoms. The number of benzene rings is 5. The van der Waals surface area contributed by atoms with Crippen molar-refractivity contribution in [2.45, 2.75) is 13.8 Å². The van der Waals surface area contributed by atoms with Crippen LogP contribution in [0.4, 0.5) is 0 Å². The summed E-state index contributed by atoms with van der Waals surface area (Å²) < 4.78 is 8.88. The van der Waals surface area contributed by atoms with Gasteiger partial charge in [-0.05, 0) is 64.9 Å². The van der Waals surface area contributed by atoms with Crippen LogP contribution in [0.3, 0.4) is 0 Å². The highest BCUT2D eigenvalue weighted by Crippen LogP contribution is 2.42. The molecule has 0 aliphatic heterocycles. The Kier molecular flexibility index (Phi) is 6.18. The predicted molar refractivity (Wildman–Crippen MR) is 171 cm³/mol. The molecular formula is C39H29N2O+. The first-order valence-corrected chi connectivity index (χ1v) is 14.1. The molecule has 3 heteroatoms. The van der Waals surface area contributed by atoms with Gasteiger partial charge in [0, 0.05) is 28.5 Å². The van der Waals surface area contributed by atoms with Gasteiger partial charge < -0.3 is 4.42 Å². The minimum Gasteiger partial charge on any atom is -0.454 e. The lowest BCUT2D eigenvalue weighted by Gasteiger charge is -2.08. The molecule has 0 atom stereocenters. The van der Waals surface area contributed by atoms with Crippen LogP contribution >= 0.6 is 0 Å². The Hall–Kier alpha value is -5.46. The number of aromatic nitrogens is 1. The van der Waals surface area contributed by atoms with Crippen LogP contribution in [0.2, 0.25) is 0 Å². The van der Waals surface area contributed by atoms with Gasteiger partial charge in [-0.2, -0.15) is 5.26 Å². The van der Waals surface area contributed by atoms with Crippen molar-refractivity contribution < 1.29 is 8.98 Å². The van der Waals surface area contributed by atoms with Crippen LogP contribution in [0.25, 0.3) is 66.6 Å². The first kappa shape index (κ1) is 25.5. The van der Waals surface area contributed by atoms with Crippen LogP contribution in [-0.2, 0) is 7.05 Å². The van der Waals surface area contributed by atoms with E-state index in [0.717, 1.165) is 61.0 Å². The van der Waals surface area contributed by atoms with Gasteiger partial charge in [0.25, 0.3) is 0 Å². The van der Waals surface area contributed by atoms with E-state index in [-0.39, 0.29) is 0 Å². The van der Waals surface area contributed by atoms with E-state index < -0.39 is 0 Å². The van der Waals surface area contributed by atoms with Gasteiger partial charge in [-0.25, -0.2) is 4.57 Å². The molecule has 0 fully saturated rings. The fraction of sp³-hybridized carbons (Fsp3) is 0.0769. The molecule has 7 rings (SSSR count). The number of hydrogen-bond acceptors (Lipinski definition) is 2. The number of nitrogens with zero attached hydrogens (tertiary/aromatic N) is 2. The largest absolute Gasteiger partial charge is 0.454 e. The van der Waals surface area contributed by atoms with Gasteiger partial charge in [0.05, 0.1) is 17.2 Å². The Morgan fingerprint density at radius 1 is 0.595 bits per heavy atom. The fourth-order valence-corrected chi connectivity index (χ4v) is 5.94. The first-order valence-electron chi connectivity index (χ1n) is 14.1. The molecule has 0 bridgehead atoms. The standard InChI is InChI=1S/C39H29N2O/c1-25-21-22-41(3)35(23-25)36-26(2)9-19-33-34-20-18-32(24-40)37(39(34)42-38(33)36)31-16-14-30(15-17-31)29-12-10-28(11-13-29)27-7-5-4-6-8-27/h4-23H,1-3H3/q+1. The van der Waals surface area contributed by atoms with Crippen molar-refractivity contribution in [2.75, 3.05) is 0 Å². The molecule has 0 saturated heterocycles. The van der Waals surface area contributed by atoms with Gasteiger partial charge in [-0.15, -0.1) is 0 Å². The summed E-state index contributed by atoms with van der Waals surface area (Å²) in [6.45, 7) is 4.23. The average Bonchev–Trinajstić information content (AvgIpc) is 3.41. The summed E-state index contributed by atoms with van der Waals surface area (Å²) in [5.74, 6) is 0. The predicted octanol–water partition coefficient (Wildman–Crippen LogP) is 9.57. The maximum atomic E-state index is 10.1. The Morgan fingerprint density at radius 2 is 1.14 bits per heavy atom. The number of hydrogen-bond donors (Lipinski definition) is 0. The summed E-state index contributed by atoms with van der Waals surface area (Å²) in [5.41, 5.74) is 13.2. The molecule has 0 unspecified atom stereocenters. The summed E-state index contributed by atoms with van der Waals surface area (Å²) in [7, 11) is 2.06. The number of pyridine rings is 1. The van der Waals surface area contributed by atoms with Crippen molar-refractivity contribution >= 4 is 21.9 Å². The highest BCUT2D eigenvalue weighted by Gasteiger charge is 2.23. The smallest absolute Gasteiger partial charge is 0.216 e. The van der Waals surface area contributed by atoms with E-state index in [1.54, 1.807) is 0 Å². The topological polar surface area (TPSA) is 40.8 Å². The normalized spacial score (nSPS) is 11.2. The maximum Gasteiger partial charge on any atom is 0.216 e. The molecular weight excluding hydrogens is 512 g/mol. The Bertz CT molecular complexity index is 2150. The first-order chi connectivity index (χ1) is 20.5. The van der Waals surface area contributed by atoms with E-state index in [9.17, 15) is 5.26 Å². The minimum absolute atomic E-state index is 0.598. The lowest BCUT2D eigenvalue weighted by atomic mass is 9.94. The van der Waals surface area contributed by atoms with Crippen LogP contribution in [0.5, 0.6) is 0 Å². The zero-order chi connectivity index (χ0) is 28.8. The Morgan fingerprint density at radius 3 is 1.76 bits per heavy atom. The molecule has 200 valence electrons. The molecule has 0 N–H and O–H groups in total. The van der Waals surface area contributed by atoms with Crippen molar-refractivity contribution in [3.8, 4) is 50.7 Å². The van der Waals surface area contributed by atoms with Crippen molar-refractivity contribution in [1.29, 1.82) is 5.26 Å². The van der Waals surface area contributed by atoms with Crippen LogP contribution in [0.15, 0.2) is 126 Å². The number of nitriles is 1. The second-order valence-electron chi connectivity index (χ2n) is 10.9. The number of aryl methyl sites for hydroxylation is 3. The monoisotopic (exact) mass is 541 g/mol. The lowest BCUT2D eigenvalue weighted by Crippen LogP contribution is -2.30. The van der Waals surface area contributed by atoms with Crippen molar-refractivity contribution in [2.24, 2.45) is 7.05 Å². The lowest BCUT2D eigenvalue weighted by molar-refractivity contribution is -0.660.